The number of halogens is 3. The number of nitrogens with zero attached hydrogens (tertiary/aromatic N) is 5. The highest BCUT2D eigenvalue weighted by molar-refractivity contribution is 5.76. The molecule has 2 aromatic rings. The molecule has 10 nitrogen and oxygen atoms in total. The number of nitrogens with one attached hydrogen (secondary N) is 1. The lowest BCUT2D eigenvalue weighted by Gasteiger charge is -2.35. The van der Waals surface area contributed by atoms with Crippen LogP contribution in [0, 0.1) is 11.3 Å². The van der Waals surface area contributed by atoms with E-state index in [-0.39, 0.29) is 5.91 Å². The van der Waals surface area contributed by atoms with Crippen molar-refractivity contribution in [2.45, 2.75) is 44.4 Å². The Kier molecular flexibility index (Phi) is 9.24. The molecule has 1 saturated heterocycles. The number of carbonyl (C=O) groups excluding carboxylic acids is 1. The van der Waals surface area contributed by atoms with Gasteiger partial charge in [-0.05, 0) is 25.0 Å². The summed E-state index contributed by atoms with van der Waals surface area (Å²) < 4.78 is 41.5. The molecular formula is C23H27F3N6O4. The highest BCUT2D eigenvalue weighted by atomic mass is 19.4. The van der Waals surface area contributed by atoms with Crippen LogP contribution in [0.5, 0.6) is 5.75 Å². The predicted molar refractivity (Wildman–Crippen MR) is 122 cm³/mol. The molecule has 2 fully saturated rings. The van der Waals surface area contributed by atoms with Gasteiger partial charge in [0.1, 0.15) is 11.9 Å². The van der Waals surface area contributed by atoms with Gasteiger partial charge in [0, 0.05) is 32.4 Å². The number of rotatable bonds is 5. The molecule has 2 aliphatic rings. The first-order valence-corrected chi connectivity index (χ1v) is 11.5. The third-order valence-electron chi connectivity index (χ3n) is 5.92. The second-order valence-electron chi connectivity index (χ2n) is 8.37. The zero-order valence-electron chi connectivity index (χ0n) is 19.5. The number of amides is 1. The Bertz CT molecular complexity index is 1100. The maximum absolute atomic E-state index is 12.3. The summed E-state index contributed by atoms with van der Waals surface area (Å²) in [4.78, 5) is 31.1. The van der Waals surface area contributed by atoms with Crippen LogP contribution < -0.4 is 10.5 Å². The Morgan fingerprint density at radius 3 is 2.42 bits per heavy atom. The van der Waals surface area contributed by atoms with E-state index in [2.05, 4.69) is 21.1 Å². The van der Waals surface area contributed by atoms with E-state index >= 15 is 0 Å². The van der Waals surface area contributed by atoms with Crippen molar-refractivity contribution in [3.8, 4) is 11.8 Å². The molecule has 0 bridgehead atoms. The molecule has 1 aliphatic heterocycles. The first-order chi connectivity index (χ1) is 17.2. The van der Waals surface area contributed by atoms with E-state index in [4.69, 9.17) is 15.1 Å². The van der Waals surface area contributed by atoms with Crippen molar-refractivity contribution >= 4 is 11.7 Å². The van der Waals surface area contributed by atoms with Gasteiger partial charge in [-0.25, -0.2) is 10.1 Å². The number of piperazine rings is 1. The van der Waals surface area contributed by atoms with Crippen LogP contribution in [0.1, 0.15) is 43.2 Å². The van der Waals surface area contributed by atoms with Gasteiger partial charge in [0.05, 0.1) is 30.9 Å². The molecule has 0 unspecified atom stereocenters. The average Bonchev–Trinajstić information content (AvgIpc) is 3.37. The molecule has 13 heteroatoms. The zero-order chi connectivity index (χ0) is 26.1. The minimum absolute atomic E-state index is 0.181. The largest absolute Gasteiger partial charge is 0.505 e. The molecular weight excluding hydrogens is 481 g/mol. The number of aromatic nitrogens is 3. The fourth-order valence-corrected chi connectivity index (χ4v) is 4.01. The Morgan fingerprint density at radius 2 is 1.89 bits per heavy atom. The van der Waals surface area contributed by atoms with Crippen molar-refractivity contribution in [1.29, 1.82) is 5.26 Å². The maximum atomic E-state index is 12.3. The molecule has 36 heavy (non-hydrogen) atoms. The minimum Gasteiger partial charge on any atom is -0.505 e. The van der Waals surface area contributed by atoms with Gasteiger partial charge in [-0.1, -0.05) is 12.8 Å². The third-order valence-corrected chi connectivity index (χ3v) is 5.92. The van der Waals surface area contributed by atoms with Crippen LogP contribution in [0.25, 0.3) is 0 Å². The smallest absolute Gasteiger partial charge is 0.425 e. The summed E-state index contributed by atoms with van der Waals surface area (Å²) in [6.45, 7) is 3.51. The molecule has 2 aromatic heterocycles. The Balaban J connectivity index is 0.000000253. The summed E-state index contributed by atoms with van der Waals surface area (Å²) >= 11 is 0. The van der Waals surface area contributed by atoms with Crippen molar-refractivity contribution in [2.24, 2.45) is 0 Å². The topological polar surface area (TPSA) is 135 Å². The number of ether oxygens (including phenoxy) is 1. The maximum Gasteiger partial charge on any atom is 0.425 e. The number of aromatic hydroxyl groups is 1. The summed E-state index contributed by atoms with van der Waals surface area (Å²) in [5.41, 5.74) is -2.52. The predicted octanol–water partition coefficient (Wildman–Crippen LogP) is 2.45. The zero-order valence-corrected chi connectivity index (χ0v) is 19.5. The first kappa shape index (κ1) is 26.9. The molecule has 3 heterocycles. The number of hydrogen-bond acceptors (Lipinski definition) is 8. The summed E-state index contributed by atoms with van der Waals surface area (Å²) in [6, 6.07) is 5.72. The van der Waals surface area contributed by atoms with Gasteiger partial charge in [0.15, 0.2) is 11.3 Å². The highest BCUT2D eigenvalue weighted by Crippen LogP contribution is 2.31. The number of nitriles is 1. The lowest BCUT2D eigenvalue weighted by atomic mass is 10.2. The van der Waals surface area contributed by atoms with Gasteiger partial charge in [0.2, 0.25) is 5.91 Å². The molecule has 194 valence electrons. The number of pyridine rings is 1. The van der Waals surface area contributed by atoms with Crippen LogP contribution >= 0.6 is 0 Å². The SMILES string of the molecule is N#Cc1ccc(N2CCN(C(=O)CCOC3CCCC3)CC2)nc1.O=c1[nH]ncc(O)c1C(F)(F)F. The van der Waals surface area contributed by atoms with Crippen LogP contribution in [-0.2, 0) is 15.7 Å². The van der Waals surface area contributed by atoms with Gasteiger partial charge in [-0.3, -0.25) is 9.59 Å². The molecule has 1 amide bonds. The fourth-order valence-electron chi connectivity index (χ4n) is 4.01. The molecule has 4 rings (SSSR count). The normalized spacial score (nSPS) is 16.3. The summed E-state index contributed by atoms with van der Waals surface area (Å²) in [7, 11) is 0. The second-order valence-corrected chi connectivity index (χ2v) is 8.37. The summed E-state index contributed by atoms with van der Waals surface area (Å²) in [6.07, 6.45) is 2.89. The van der Waals surface area contributed by atoms with Gasteiger partial charge in [0.25, 0.3) is 5.56 Å². The van der Waals surface area contributed by atoms with Crippen molar-refractivity contribution in [3.05, 3.63) is 46.0 Å². The van der Waals surface area contributed by atoms with Gasteiger partial charge in [-0.15, -0.1) is 0 Å². The van der Waals surface area contributed by atoms with Gasteiger partial charge >= 0.3 is 6.18 Å². The molecule has 1 aliphatic carbocycles. The Morgan fingerprint density at radius 1 is 1.19 bits per heavy atom. The number of aromatic amines is 1. The van der Waals surface area contributed by atoms with E-state index in [1.165, 1.54) is 12.8 Å². The van der Waals surface area contributed by atoms with E-state index in [9.17, 15) is 22.8 Å². The van der Waals surface area contributed by atoms with Gasteiger partial charge in [-0.2, -0.15) is 23.5 Å². The van der Waals surface area contributed by atoms with Gasteiger partial charge < -0.3 is 19.6 Å². The van der Waals surface area contributed by atoms with Crippen LogP contribution in [-0.4, -0.2) is 70.0 Å². The first-order valence-electron chi connectivity index (χ1n) is 11.5. The lowest BCUT2D eigenvalue weighted by Crippen LogP contribution is -2.49. The number of hydrogen-bond donors (Lipinski definition) is 2. The number of carbonyl (C=O) groups is 1. The summed E-state index contributed by atoms with van der Waals surface area (Å²) in [5, 5.41) is 22.0. The van der Waals surface area contributed by atoms with Crippen LogP contribution in [0.15, 0.2) is 29.3 Å². The van der Waals surface area contributed by atoms with Crippen molar-refractivity contribution < 1.29 is 27.8 Å². The molecule has 0 aromatic carbocycles. The second kappa shape index (κ2) is 12.3. The number of anilines is 1. The number of alkyl halides is 3. The lowest BCUT2D eigenvalue weighted by molar-refractivity contribution is -0.140. The van der Waals surface area contributed by atoms with E-state index in [0.29, 0.717) is 44.0 Å². The molecule has 2 N–H and O–H groups in total. The summed E-state index contributed by atoms with van der Waals surface area (Å²) in [5.74, 6) is -0.127. The standard InChI is InChI=1S/C18H24N4O2.C5H3F3N2O2/c19-13-15-5-6-17(20-14-15)21-8-10-22(11-9-21)18(23)7-12-24-16-3-1-2-4-16;6-5(7,8)3-2(11)1-9-10-4(3)12/h5-6,14,16H,1-4,7-12H2;1H,(H2,10,11,12). The van der Waals surface area contributed by atoms with E-state index in [0.717, 1.165) is 31.7 Å². The quantitative estimate of drug-likeness (QED) is 0.629. The number of H-pyrrole nitrogens is 1. The molecule has 1 saturated carbocycles. The molecule has 0 spiro atoms. The monoisotopic (exact) mass is 508 g/mol. The van der Waals surface area contributed by atoms with Crippen LogP contribution in [0.3, 0.4) is 0 Å². The van der Waals surface area contributed by atoms with Crippen molar-refractivity contribution in [3.63, 3.8) is 0 Å². The fraction of sp³-hybridized carbons (Fsp3) is 0.522. The third kappa shape index (κ3) is 7.42. The van der Waals surface area contributed by atoms with Crippen molar-refractivity contribution in [2.75, 3.05) is 37.7 Å². The molecule has 0 atom stereocenters. The minimum atomic E-state index is -4.86. The van der Waals surface area contributed by atoms with E-state index in [1.807, 2.05) is 11.0 Å². The van der Waals surface area contributed by atoms with E-state index < -0.39 is 23.0 Å². The molecule has 0 radical (unpaired) electrons. The Hall–Kier alpha value is -3.66. The van der Waals surface area contributed by atoms with Crippen LogP contribution in [0.2, 0.25) is 0 Å². The Labute approximate surface area is 205 Å². The van der Waals surface area contributed by atoms with Crippen molar-refractivity contribution in [1.82, 2.24) is 20.1 Å². The van der Waals surface area contributed by atoms with Crippen LogP contribution in [0.4, 0.5) is 19.0 Å². The average molecular weight is 509 g/mol. The van der Waals surface area contributed by atoms with E-state index in [1.54, 1.807) is 17.4 Å². The highest BCUT2D eigenvalue weighted by Gasteiger charge is 2.37.